The second-order valence-electron chi connectivity index (χ2n) is 8.25. The number of rotatable bonds is 8. The lowest BCUT2D eigenvalue weighted by Crippen LogP contribution is -2.26. The Hall–Kier alpha value is -3.63. The van der Waals surface area contributed by atoms with Crippen molar-refractivity contribution < 1.29 is 19.1 Å². The van der Waals surface area contributed by atoms with Crippen molar-refractivity contribution in [2.24, 2.45) is 0 Å². The summed E-state index contributed by atoms with van der Waals surface area (Å²) < 4.78 is 10.8. The van der Waals surface area contributed by atoms with Gasteiger partial charge in [-0.3, -0.25) is 9.69 Å². The van der Waals surface area contributed by atoms with Gasteiger partial charge in [-0.25, -0.2) is 14.8 Å². The summed E-state index contributed by atoms with van der Waals surface area (Å²) in [6, 6.07) is 15.6. The van der Waals surface area contributed by atoms with E-state index in [1.54, 1.807) is 12.0 Å². The minimum atomic E-state index is -0.363. The molecule has 1 aromatic heterocycles. The highest BCUT2D eigenvalue weighted by Crippen LogP contribution is 2.35. The maximum absolute atomic E-state index is 12.5. The number of ether oxygens (including phenoxy) is 2. The Morgan fingerprint density at radius 1 is 1.20 bits per heavy atom. The van der Waals surface area contributed by atoms with E-state index in [1.165, 1.54) is 18.1 Å². The largest absolute Gasteiger partial charge is 0.481 e. The van der Waals surface area contributed by atoms with E-state index in [0.717, 1.165) is 33.1 Å². The zero-order chi connectivity index (χ0) is 24.2. The van der Waals surface area contributed by atoms with Crippen molar-refractivity contribution in [1.29, 1.82) is 0 Å². The zero-order valence-electron chi connectivity index (χ0n) is 19.2. The molecule has 2 aliphatic heterocycles. The standard InChI is InChI=1S/C25H25N5O4S/c1-33-24-11-20(27-15-28-24)17-4-2-3-16(9-17)12-26-8-7-19-13-30(25(32)34-19)18-5-6-22-21(10-18)29-23(31)14-35-22/h2-6,9-11,15,19,26H,7-8,12-14H2,1H3,(H,29,31). The molecule has 9 nitrogen and oxygen atoms in total. The number of aromatic nitrogens is 2. The van der Waals surface area contributed by atoms with Gasteiger partial charge in [0, 0.05) is 28.8 Å². The first-order valence-electron chi connectivity index (χ1n) is 11.3. The quantitative estimate of drug-likeness (QED) is 0.460. The molecule has 5 rings (SSSR count). The molecule has 0 bridgehead atoms. The normalized spacial score (nSPS) is 17.1. The number of nitrogens with zero attached hydrogens (tertiary/aromatic N) is 3. The lowest BCUT2D eigenvalue weighted by atomic mass is 10.1. The molecule has 0 spiro atoms. The van der Waals surface area contributed by atoms with E-state index in [0.29, 0.717) is 37.7 Å². The van der Waals surface area contributed by atoms with Gasteiger partial charge in [-0.05, 0) is 42.8 Å². The monoisotopic (exact) mass is 491 g/mol. The molecule has 180 valence electrons. The fraction of sp³-hybridized carbons (Fsp3) is 0.280. The summed E-state index contributed by atoms with van der Waals surface area (Å²) in [5.41, 5.74) is 4.38. The Morgan fingerprint density at radius 3 is 3.00 bits per heavy atom. The molecule has 2 N–H and O–H groups in total. The predicted octanol–water partition coefficient (Wildman–Crippen LogP) is 3.70. The Labute approximate surface area is 207 Å². The molecule has 1 atom stereocenters. The Morgan fingerprint density at radius 2 is 2.11 bits per heavy atom. The molecule has 0 saturated carbocycles. The van der Waals surface area contributed by atoms with Crippen molar-refractivity contribution in [2.75, 3.05) is 36.2 Å². The molecule has 1 unspecified atom stereocenters. The van der Waals surface area contributed by atoms with E-state index in [9.17, 15) is 9.59 Å². The number of carbonyl (C=O) groups excluding carboxylic acids is 2. The topological polar surface area (TPSA) is 106 Å². The van der Waals surface area contributed by atoms with Crippen LogP contribution in [0.1, 0.15) is 12.0 Å². The van der Waals surface area contributed by atoms with Gasteiger partial charge in [0.15, 0.2) is 0 Å². The average molecular weight is 492 g/mol. The second-order valence-corrected chi connectivity index (χ2v) is 9.26. The smallest absolute Gasteiger partial charge is 0.414 e. The van der Waals surface area contributed by atoms with E-state index in [-0.39, 0.29) is 18.1 Å². The van der Waals surface area contributed by atoms with Crippen molar-refractivity contribution in [1.82, 2.24) is 15.3 Å². The number of benzene rings is 2. The van der Waals surface area contributed by atoms with Gasteiger partial charge in [0.1, 0.15) is 12.4 Å². The van der Waals surface area contributed by atoms with Crippen LogP contribution in [0, 0.1) is 0 Å². The van der Waals surface area contributed by atoms with Crippen LogP contribution in [0.3, 0.4) is 0 Å². The number of nitrogens with one attached hydrogen (secondary N) is 2. The molecule has 3 heterocycles. The molecule has 2 aliphatic rings. The van der Waals surface area contributed by atoms with Gasteiger partial charge >= 0.3 is 6.09 Å². The van der Waals surface area contributed by atoms with Gasteiger partial charge in [-0.15, -0.1) is 11.8 Å². The van der Waals surface area contributed by atoms with Crippen LogP contribution in [0.15, 0.2) is 59.8 Å². The van der Waals surface area contributed by atoms with Gasteiger partial charge in [-0.1, -0.05) is 18.2 Å². The fourth-order valence-electron chi connectivity index (χ4n) is 4.07. The van der Waals surface area contributed by atoms with Crippen molar-refractivity contribution >= 4 is 35.1 Å². The highest BCUT2D eigenvalue weighted by Gasteiger charge is 2.32. The van der Waals surface area contributed by atoms with Gasteiger partial charge in [0.25, 0.3) is 0 Å². The summed E-state index contributed by atoms with van der Waals surface area (Å²) in [6.07, 6.45) is 1.63. The summed E-state index contributed by atoms with van der Waals surface area (Å²) in [4.78, 5) is 35.2. The van der Waals surface area contributed by atoms with Crippen molar-refractivity contribution in [3.05, 3.63) is 60.4 Å². The highest BCUT2D eigenvalue weighted by atomic mass is 32.2. The fourth-order valence-corrected chi connectivity index (χ4v) is 4.86. The maximum Gasteiger partial charge on any atom is 0.414 e. The van der Waals surface area contributed by atoms with E-state index in [2.05, 4.69) is 32.7 Å². The predicted molar refractivity (Wildman–Crippen MR) is 134 cm³/mol. The third-order valence-corrected chi connectivity index (χ3v) is 6.90. The highest BCUT2D eigenvalue weighted by molar-refractivity contribution is 8.00. The number of carbonyl (C=O) groups is 2. The van der Waals surface area contributed by atoms with Crippen LogP contribution in [0.25, 0.3) is 11.3 Å². The number of hydrogen-bond acceptors (Lipinski definition) is 8. The molecule has 3 aromatic rings. The Balaban J connectivity index is 1.13. The lowest BCUT2D eigenvalue weighted by molar-refractivity contribution is -0.113. The summed E-state index contributed by atoms with van der Waals surface area (Å²) in [6.45, 7) is 1.86. The number of fused-ring (bicyclic) bond motifs is 1. The number of amides is 2. The first kappa shape index (κ1) is 23.1. The zero-order valence-corrected chi connectivity index (χ0v) is 20.0. The van der Waals surface area contributed by atoms with Gasteiger partial charge in [-0.2, -0.15) is 0 Å². The molecule has 0 aliphatic carbocycles. The van der Waals surface area contributed by atoms with E-state index < -0.39 is 0 Å². The van der Waals surface area contributed by atoms with Crippen LogP contribution in [-0.4, -0.2) is 54.0 Å². The van der Waals surface area contributed by atoms with Crippen LogP contribution in [0.5, 0.6) is 5.88 Å². The molecular formula is C25H25N5O4S. The van der Waals surface area contributed by atoms with Crippen molar-refractivity contribution in [3.8, 4) is 17.1 Å². The first-order valence-corrected chi connectivity index (χ1v) is 12.3. The minimum Gasteiger partial charge on any atom is -0.481 e. The van der Waals surface area contributed by atoms with Crippen LogP contribution in [0.2, 0.25) is 0 Å². The molecule has 2 aromatic carbocycles. The lowest BCUT2D eigenvalue weighted by Gasteiger charge is -2.20. The van der Waals surface area contributed by atoms with Crippen LogP contribution in [-0.2, 0) is 16.1 Å². The van der Waals surface area contributed by atoms with Crippen LogP contribution >= 0.6 is 11.8 Å². The molecule has 35 heavy (non-hydrogen) atoms. The number of hydrogen-bond donors (Lipinski definition) is 2. The van der Waals surface area contributed by atoms with Gasteiger partial charge in [0.05, 0.1) is 30.8 Å². The molecule has 1 fully saturated rings. The number of methoxy groups -OCH3 is 1. The van der Waals surface area contributed by atoms with E-state index in [1.807, 2.05) is 36.4 Å². The van der Waals surface area contributed by atoms with Crippen molar-refractivity contribution in [2.45, 2.75) is 24.0 Å². The molecule has 1 saturated heterocycles. The third kappa shape index (κ3) is 5.39. The van der Waals surface area contributed by atoms with Crippen LogP contribution < -0.4 is 20.3 Å². The summed E-state index contributed by atoms with van der Waals surface area (Å²) >= 11 is 1.50. The maximum atomic E-state index is 12.5. The van der Waals surface area contributed by atoms with Crippen LogP contribution in [0.4, 0.5) is 16.2 Å². The minimum absolute atomic E-state index is 0.0325. The Bertz CT molecular complexity index is 1250. The van der Waals surface area contributed by atoms with Gasteiger partial charge < -0.3 is 20.1 Å². The number of thioether (sulfide) groups is 1. The number of cyclic esters (lactones) is 1. The summed E-state index contributed by atoms with van der Waals surface area (Å²) in [5, 5.41) is 6.29. The van der Waals surface area contributed by atoms with E-state index >= 15 is 0 Å². The van der Waals surface area contributed by atoms with Gasteiger partial charge in [0.2, 0.25) is 11.8 Å². The molecular weight excluding hydrogens is 466 g/mol. The molecule has 10 heteroatoms. The summed E-state index contributed by atoms with van der Waals surface area (Å²) in [7, 11) is 1.58. The molecule has 2 amide bonds. The Kier molecular flexibility index (Phi) is 6.82. The van der Waals surface area contributed by atoms with E-state index in [4.69, 9.17) is 9.47 Å². The first-order chi connectivity index (χ1) is 17.1. The SMILES string of the molecule is COc1cc(-c2cccc(CNCCC3CN(c4ccc5c(c4)NC(=O)CS5)C(=O)O3)c2)ncn1. The average Bonchev–Trinajstić information content (AvgIpc) is 3.26. The second kappa shape index (κ2) is 10.3. The van der Waals surface area contributed by atoms with Crippen molar-refractivity contribution in [3.63, 3.8) is 0 Å². The summed E-state index contributed by atoms with van der Waals surface area (Å²) in [5.74, 6) is 0.903. The molecule has 0 radical (unpaired) electrons. The number of anilines is 2. The third-order valence-electron chi connectivity index (χ3n) is 5.83.